The highest BCUT2D eigenvalue weighted by Gasteiger charge is 2.12. The molecule has 0 saturated carbocycles. The van der Waals surface area contributed by atoms with E-state index in [2.05, 4.69) is 42.6 Å². The van der Waals surface area contributed by atoms with Crippen LogP contribution in [-0.2, 0) is 6.61 Å². The molecule has 0 aromatic carbocycles. The molecule has 0 bridgehead atoms. The second-order valence-electron chi connectivity index (χ2n) is 5.24. The molecule has 0 radical (unpaired) electrons. The topological polar surface area (TPSA) is 49.2 Å². The van der Waals surface area contributed by atoms with Crippen LogP contribution in [0, 0.1) is 11.8 Å². The van der Waals surface area contributed by atoms with Crippen molar-refractivity contribution in [2.75, 3.05) is 18.0 Å². The fraction of sp³-hybridized carbons (Fsp3) is 0.692. The van der Waals surface area contributed by atoms with Gasteiger partial charge in [-0.2, -0.15) is 0 Å². The van der Waals surface area contributed by atoms with E-state index in [9.17, 15) is 0 Å². The lowest BCUT2D eigenvalue weighted by Crippen LogP contribution is -2.32. The fourth-order valence-corrected chi connectivity index (χ4v) is 1.71. The van der Waals surface area contributed by atoms with Crippen molar-refractivity contribution in [1.29, 1.82) is 0 Å². The molecule has 1 rings (SSSR count). The smallest absolute Gasteiger partial charge is 0.225 e. The number of anilines is 1. The number of aromatic nitrogens is 2. The first-order valence-electron chi connectivity index (χ1n) is 6.19. The van der Waals surface area contributed by atoms with E-state index in [1.165, 1.54) is 0 Å². The molecule has 4 heteroatoms. The summed E-state index contributed by atoms with van der Waals surface area (Å²) in [5, 5.41) is 8.96. The summed E-state index contributed by atoms with van der Waals surface area (Å²) in [5.41, 5.74) is 0.753. The Balaban J connectivity index is 2.79. The number of rotatable bonds is 6. The Hall–Kier alpha value is -1.16. The molecule has 4 nitrogen and oxygen atoms in total. The van der Waals surface area contributed by atoms with E-state index >= 15 is 0 Å². The summed E-state index contributed by atoms with van der Waals surface area (Å²) in [6.07, 6.45) is 3.38. The number of hydrogen-bond acceptors (Lipinski definition) is 4. The highest BCUT2D eigenvalue weighted by molar-refractivity contribution is 5.29. The van der Waals surface area contributed by atoms with Gasteiger partial charge in [0.05, 0.1) is 6.61 Å². The van der Waals surface area contributed by atoms with E-state index in [0.717, 1.165) is 24.6 Å². The van der Waals surface area contributed by atoms with E-state index in [4.69, 9.17) is 5.11 Å². The van der Waals surface area contributed by atoms with Crippen LogP contribution in [0.2, 0.25) is 0 Å². The second kappa shape index (κ2) is 6.55. The summed E-state index contributed by atoms with van der Waals surface area (Å²) < 4.78 is 0. The number of nitrogens with zero attached hydrogens (tertiary/aromatic N) is 3. The molecule has 1 N–H and O–H groups in total. The van der Waals surface area contributed by atoms with Crippen LogP contribution in [0.5, 0.6) is 0 Å². The molecule has 0 atom stereocenters. The molecule has 0 saturated heterocycles. The van der Waals surface area contributed by atoms with Gasteiger partial charge >= 0.3 is 0 Å². The number of aliphatic hydroxyl groups is 1. The van der Waals surface area contributed by atoms with Crippen LogP contribution in [0.3, 0.4) is 0 Å². The third-order valence-electron chi connectivity index (χ3n) is 2.33. The van der Waals surface area contributed by atoms with Crippen molar-refractivity contribution in [2.24, 2.45) is 11.8 Å². The molecule has 1 aromatic heterocycles. The van der Waals surface area contributed by atoms with Crippen LogP contribution < -0.4 is 4.90 Å². The van der Waals surface area contributed by atoms with Gasteiger partial charge in [-0.3, -0.25) is 0 Å². The Labute approximate surface area is 104 Å². The molecule has 0 aliphatic carbocycles. The molecule has 0 unspecified atom stereocenters. The predicted molar refractivity (Wildman–Crippen MR) is 69.8 cm³/mol. The Bertz CT molecular complexity index is 312. The molecule has 17 heavy (non-hydrogen) atoms. The lowest BCUT2D eigenvalue weighted by Gasteiger charge is -2.26. The average molecular weight is 237 g/mol. The van der Waals surface area contributed by atoms with Crippen LogP contribution in [0.4, 0.5) is 5.95 Å². The second-order valence-corrected chi connectivity index (χ2v) is 5.24. The summed E-state index contributed by atoms with van der Waals surface area (Å²) in [5.74, 6) is 1.91. The van der Waals surface area contributed by atoms with Gasteiger partial charge in [0.15, 0.2) is 0 Å². The van der Waals surface area contributed by atoms with Crippen molar-refractivity contribution >= 4 is 5.95 Å². The zero-order chi connectivity index (χ0) is 12.8. The minimum absolute atomic E-state index is 0.00532. The quantitative estimate of drug-likeness (QED) is 0.823. The largest absolute Gasteiger partial charge is 0.392 e. The summed E-state index contributed by atoms with van der Waals surface area (Å²) in [6.45, 7) is 10.7. The fourth-order valence-electron chi connectivity index (χ4n) is 1.71. The van der Waals surface area contributed by atoms with Gasteiger partial charge in [0.25, 0.3) is 0 Å². The highest BCUT2D eigenvalue weighted by atomic mass is 16.3. The lowest BCUT2D eigenvalue weighted by molar-refractivity contribution is 0.281. The first-order valence-corrected chi connectivity index (χ1v) is 6.19. The molecule has 0 spiro atoms. The maximum Gasteiger partial charge on any atom is 0.225 e. The van der Waals surface area contributed by atoms with Gasteiger partial charge < -0.3 is 10.0 Å². The maximum absolute atomic E-state index is 8.96. The van der Waals surface area contributed by atoms with Crippen LogP contribution in [-0.4, -0.2) is 28.2 Å². The predicted octanol–water partition coefficient (Wildman–Crippen LogP) is 2.09. The third-order valence-corrected chi connectivity index (χ3v) is 2.33. The van der Waals surface area contributed by atoms with Crippen molar-refractivity contribution in [3.05, 3.63) is 18.0 Å². The van der Waals surface area contributed by atoms with E-state index in [1.54, 1.807) is 12.4 Å². The Morgan fingerprint density at radius 1 is 1.06 bits per heavy atom. The van der Waals surface area contributed by atoms with Crippen LogP contribution in [0.25, 0.3) is 0 Å². The zero-order valence-electron chi connectivity index (χ0n) is 11.2. The molecule has 0 aliphatic rings. The summed E-state index contributed by atoms with van der Waals surface area (Å²) in [4.78, 5) is 10.8. The van der Waals surface area contributed by atoms with E-state index in [0.29, 0.717) is 11.8 Å². The van der Waals surface area contributed by atoms with Crippen molar-refractivity contribution in [2.45, 2.75) is 34.3 Å². The van der Waals surface area contributed by atoms with Gasteiger partial charge in [-0.15, -0.1) is 0 Å². The van der Waals surface area contributed by atoms with Crippen LogP contribution in [0.1, 0.15) is 33.3 Å². The minimum Gasteiger partial charge on any atom is -0.392 e. The molecule has 0 fully saturated rings. The standard InChI is InChI=1S/C13H23N3O/c1-10(2)7-16(8-11(3)4)13-14-5-12(9-17)6-15-13/h5-6,10-11,17H,7-9H2,1-4H3. The van der Waals surface area contributed by atoms with Crippen LogP contribution >= 0.6 is 0 Å². The third kappa shape index (κ3) is 4.69. The Morgan fingerprint density at radius 3 is 1.88 bits per heavy atom. The van der Waals surface area contributed by atoms with Crippen molar-refractivity contribution in [3.8, 4) is 0 Å². The molecule has 1 heterocycles. The van der Waals surface area contributed by atoms with Crippen LogP contribution in [0.15, 0.2) is 12.4 Å². The van der Waals surface area contributed by atoms with E-state index < -0.39 is 0 Å². The zero-order valence-corrected chi connectivity index (χ0v) is 11.2. The Kier molecular flexibility index (Phi) is 5.35. The van der Waals surface area contributed by atoms with Crippen molar-refractivity contribution in [3.63, 3.8) is 0 Å². The number of aliphatic hydroxyl groups excluding tert-OH is 1. The monoisotopic (exact) mass is 237 g/mol. The first kappa shape index (κ1) is 13.9. The molecule has 96 valence electrons. The van der Waals surface area contributed by atoms with Crippen molar-refractivity contribution < 1.29 is 5.11 Å². The first-order chi connectivity index (χ1) is 8.02. The summed E-state index contributed by atoms with van der Waals surface area (Å²) in [6, 6.07) is 0. The van der Waals surface area contributed by atoms with Gasteiger partial charge in [-0.25, -0.2) is 9.97 Å². The van der Waals surface area contributed by atoms with E-state index in [-0.39, 0.29) is 6.61 Å². The minimum atomic E-state index is -0.00532. The lowest BCUT2D eigenvalue weighted by atomic mass is 10.1. The summed E-state index contributed by atoms with van der Waals surface area (Å²) >= 11 is 0. The molecular weight excluding hydrogens is 214 g/mol. The van der Waals surface area contributed by atoms with Gasteiger partial charge in [-0.05, 0) is 11.8 Å². The molecule has 0 aliphatic heterocycles. The highest BCUT2D eigenvalue weighted by Crippen LogP contribution is 2.12. The van der Waals surface area contributed by atoms with Gasteiger partial charge in [0, 0.05) is 31.0 Å². The summed E-state index contributed by atoms with van der Waals surface area (Å²) in [7, 11) is 0. The van der Waals surface area contributed by atoms with Gasteiger partial charge in [-0.1, -0.05) is 27.7 Å². The average Bonchev–Trinajstić information content (AvgIpc) is 2.27. The molecular formula is C13H23N3O. The van der Waals surface area contributed by atoms with Gasteiger partial charge in [0.1, 0.15) is 0 Å². The molecule has 1 aromatic rings. The van der Waals surface area contributed by atoms with Gasteiger partial charge in [0.2, 0.25) is 5.95 Å². The van der Waals surface area contributed by atoms with E-state index in [1.807, 2.05) is 0 Å². The van der Waals surface area contributed by atoms with Crippen molar-refractivity contribution in [1.82, 2.24) is 9.97 Å². The Morgan fingerprint density at radius 2 is 1.53 bits per heavy atom. The normalized spacial score (nSPS) is 11.2. The SMILES string of the molecule is CC(C)CN(CC(C)C)c1ncc(CO)cn1. The number of hydrogen-bond donors (Lipinski definition) is 1. The molecule has 0 amide bonds. The maximum atomic E-state index is 8.96.